The predicted octanol–water partition coefficient (Wildman–Crippen LogP) is 6.45. The van der Waals surface area contributed by atoms with Gasteiger partial charge in [0.25, 0.3) is 0 Å². The van der Waals surface area contributed by atoms with Gasteiger partial charge in [-0.25, -0.2) is 0 Å². The molecule has 2 aromatic rings. The first-order chi connectivity index (χ1) is 14.0. The van der Waals surface area contributed by atoms with Crippen LogP contribution >= 0.6 is 0 Å². The van der Waals surface area contributed by atoms with E-state index in [-0.39, 0.29) is 40.4 Å². The van der Waals surface area contributed by atoms with Crippen molar-refractivity contribution in [2.75, 3.05) is 4.90 Å². The van der Waals surface area contributed by atoms with Crippen molar-refractivity contribution in [1.29, 1.82) is 0 Å². The Balaban J connectivity index is 2.00. The molecule has 3 unspecified atom stereocenters. The van der Waals surface area contributed by atoms with Crippen LogP contribution < -0.4 is 4.90 Å². The number of imide groups is 1. The molecule has 1 fully saturated rings. The van der Waals surface area contributed by atoms with E-state index in [0.29, 0.717) is 18.5 Å². The molecule has 1 aliphatic heterocycles. The quantitative estimate of drug-likeness (QED) is 0.536. The molecule has 0 spiro atoms. The molecule has 0 bridgehead atoms. The summed E-state index contributed by atoms with van der Waals surface area (Å²) < 4.78 is 0. The largest absolute Gasteiger partial charge is 0.274 e. The van der Waals surface area contributed by atoms with Crippen molar-refractivity contribution in [3.05, 3.63) is 66.2 Å². The Morgan fingerprint density at radius 2 is 1.27 bits per heavy atom. The van der Waals surface area contributed by atoms with Crippen LogP contribution in [0.5, 0.6) is 0 Å². The Labute approximate surface area is 181 Å². The van der Waals surface area contributed by atoms with Crippen LogP contribution in [-0.2, 0) is 9.59 Å². The Kier molecular flexibility index (Phi) is 6.21. The highest BCUT2D eigenvalue weighted by Crippen LogP contribution is 2.46. The number of carbonyl (C=O) groups is 2. The van der Waals surface area contributed by atoms with Gasteiger partial charge in [0.1, 0.15) is 0 Å². The second kappa shape index (κ2) is 8.37. The number of nitrogens with zero attached hydrogens (tertiary/aromatic N) is 1. The Hall–Kier alpha value is -2.42. The van der Waals surface area contributed by atoms with Gasteiger partial charge in [-0.15, -0.1) is 0 Å². The average molecular weight is 406 g/mol. The van der Waals surface area contributed by atoms with Gasteiger partial charge in [0, 0.05) is 0 Å². The normalized spacial score (nSPS) is 21.2. The van der Waals surface area contributed by atoms with Crippen LogP contribution in [-0.4, -0.2) is 11.8 Å². The molecule has 3 nitrogen and oxygen atoms in total. The zero-order valence-corrected chi connectivity index (χ0v) is 19.2. The maximum Gasteiger partial charge on any atom is 0.237 e. The number of carbonyl (C=O) groups excluding carboxylic acids is 2. The molecule has 0 N–H and O–H groups in total. The summed E-state index contributed by atoms with van der Waals surface area (Å²) in [5.74, 6) is -0.497. The lowest BCUT2D eigenvalue weighted by Crippen LogP contribution is -2.31. The van der Waals surface area contributed by atoms with Gasteiger partial charge < -0.3 is 0 Å². The molecule has 1 heterocycles. The molecule has 3 heteroatoms. The molecular formula is C27H35NO2. The summed E-state index contributed by atoms with van der Waals surface area (Å²) in [6.45, 7) is 13.1. The molecule has 0 radical (unpaired) electrons. The molecule has 3 rings (SSSR count). The van der Waals surface area contributed by atoms with E-state index >= 15 is 0 Å². The summed E-state index contributed by atoms with van der Waals surface area (Å²) in [4.78, 5) is 28.5. The first kappa shape index (κ1) is 22.3. The van der Waals surface area contributed by atoms with E-state index in [0.717, 1.165) is 0 Å². The van der Waals surface area contributed by atoms with Gasteiger partial charge in [-0.1, -0.05) is 90.1 Å². The van der Waals surface area contributed by atoms with Crippen molar-refractivity contribution in [2.45, 2.75) is 60.3 Å². The van der Waals surface area contributed by atoms with Crippen LogP contribution in [0.2, 0.25) is 0 Å². The molecule has 0 saturated carbocycles. The summed E-state index contributed by atoms with van der Waals surface area (Å²) in [6, 6.07) is 19.8. The minimum absolute atomic E-state index is 0.0167. The highest BCUT2D eigenvalue weighted by Gasteiger charge is 2.50. The number of anilines is 1. The monoisotopic (exact) mass is 405 g/mol. The van der Waals surface area contributed by atoms with Gasteiger partial charge in [0.2, 0.25) is 11.8 Å². The lowest BCUT2D eigenvalue weighted by Gasteiger charge is -2.34. The first-order valence-corrected chi connectivity index (χ1v) is 11.0. The fraction of sp³-hybridized carbons (Fsp3) is 0.481. The van der Waals surface area contributed by atoms with Crippen molar-refractivity contribution in [3.63, 3.8) is 0 Å². The van der Waals surface area contributed by atoms with Crippen molar-refractivity contribution in [1.82, 2.24) is 0 Å². The van der Waals surface area contributed by atoms with Crippen LogP contribution in [0.1, 0.15) is 65.9 Å². The summed E-state index contributed by atoms with van der Waals surface area (Å²) in [6.07, 6.45) is 1.39. The number of hydrogen-bond acceptors (Lipinski definition) is 2. The zero-order chi connectivity index (χ0) is 22.1. The van der Waals surface area contributed by atoms with Gasteiger partial charge in [-0.3, -0.25) is 14.5 Å². The minimum Gasteiger partial charge on any atom is -0.274 e. The highest BCUT2D eigenvalue weighted by molar-refractivity contribution is 6.22. The number of hydrogen-bond donors (Lipinski definition) is 0. The van der Waals surface area contributed by atoms with Crippen molar-refractivity contribution < 1.29 is 9.59 Å². The maximum atomic E-state index is 13.6. The fourth-order valence-corrected chi connectivity index (χ4v) is 4.70. The SMILES string of the molecule is CC(C)(C)CC1C(=O)N(c2ccccc2)C(=O)C1CC(c1ccccc1)C(C)(C)C. The lowest BCUT2D eigenvalue weighted by molar-refractivity contribution is -0.122. The highest BCUT2D eigenvalue weighted by atomic mass is 16.2. The van der Waals surface area contributed by atoms with E-state index in [4.69, 9.17) is 0 Å². The molecule has 2 aromatic carbocycles. The summed E-state index contributed by atoms with van der Waals surface area (Å²) in [5, 5.41) is 0. The van der Waals surface area contributed by atoms with E-state index in [2.05, 4.69) is 65.8 Å². The average Bonchev–Trinajstić information content (AvgIpc) is 2.88. The molecule has 0 aromatic heterocycles. The second-order valence-electron chi connectivity index (χ2n) is 10.9. The molecule has 0 aliphatic carbocycles. The van der Waals surface area contributed by atoms with Gasteiger partial charge in [0.05, 0.1) is 17.5 Å². The van der Waals surface area contributed by atoms with E-state index < -0.39 is 0 Å². The van der Waals surface area contributed by atoms with Gasteiger partial charge >= 0.3 is 0 Å². The van der Waals surface area contributed by atoms with Gasteiger partial charge in [-0.05, 0) is 47.3 Å². The Morgan fingerprint density at radius 1 is 0.767 bits per heavy atom. The van der Waals surface area contributed by atoms with Crippen LogP contribution in [0.4, 0.5) is 5.69 Å². The Morgan fingerprint density at radius 3 is 1.77 bits per heavy atom. The van der Waals surface area contributed by atoms with Crippen LogP contribution in [0, 0.1) is 22.7 Å². The second-order valence-corrected chi connectivity index (χ2v) is 10.9. The molecule has 160 valence electrons. The number of para-hydroxylation sites is 1. The third-order valence-electron chi connectivity index (χ3n) is 6.14. The smallest absolute Gasteiger partial charge is 0.237 e. The molecular weight excluding hydrogens is 370 g/mol. The Bertz CT molecular complexity index is 875. The van der Waals surface area contributed by atoms with Crippen molar-refractivity contribution in [2.24, 2.45) is 22.7 Å². The van der Waals surface area contributed by atoms with Crippen LogP contribution in [0.25, 0.3) is 0 Å². The molecule has 30 heavy (non-hydrogen) atoms. The number of amides is 2. The standard InChI is InChI=1S/C27H35NO2/c1-26(2,3)18-22-21(17-23(27(4,5)6)19-13-9-7-10-14-19)24(29)28(25(22)30)20-15-11-8-12-16-20/h7-16,21-23H,17-18H2,1-6H3. The van der Waals surface area contributed by atoms with Gasteiger partial charge in [-0.2, -0.15) is 0 Å². The van der Waals surface area contributed by atoms with Crippen LogP contribution in [0.3, 0.4) is 0 Å². The fourth-order valence-electron chi connectivity index (χ4n) is 4.70. The van der Waals surface area contributed by atoms with E-state index in [1.165, 1.54) is 10.5 Å². The van der Waals surface area contributed by atoms with Crippen LogP contribution in [0.15, 0.2) is 60.7 Å². The summed E-state index contributed by atoms with van der Waals surface area (Å²) in [7, 11) is 0. The van der Waals surface area contributed by atoms with Crippen molar-refractivity contribution in [3.8, 4) is 0 Å². The number of benzene rings is 2. The first-order valence-electron chi connectivity index (χ1n) is 11.0. The van der Waals surface area contributed by atoms with Gasteiger partial charge in [0.15, 0.2) is 0 Å². The molecule has 3 atom stereocenters. The third-order valence-corrected chi connectivity index (χ3v) is 6.14. The minimum atomic E-state index is -0.304. The molecule has 1 aliphatic rings. The van der Waals surface area contributed by atoms with E-state index in [9.17, 15) is 9.59 Å². The summed E-state index contributed by atoms with van der Waals surface area (Å²) >= 11 is 0. The van der Waals surface area contributed by atoms with E-state index in [1.807, 2.05) is 36.4 Å². The topological polar surface area (TPSA) is 37.4 Å². The maximum absolute atomic E-state index is 13.6. The predicted molar refractivity (Wildman–Crippen MR) is 123 cm³/mol. The van der Waals surface area contributed by atoms with E-state index in [1.54, 1.807) is 0 Å². The third kappa shape index (κ3) is 4.83. The molecule has 2 amide bonds. The zero-order valence-electron chi connectivity index (χ0n) is 19.2. The number of rotatable bonds is 5. The molecule has 1 saturated heterocycles. The van der Waals surface area contributed by atoms with Crippen molar-refractivity contribution >= 4 is 17.5 Å². The summed E-state index contributed by atoms with van der Waals surface area (Å²) in [5.41, 5.74) is 1.87. The lowest BCUT2D eigenvalue weighted by atomic mass is 9.69.